The molecule has 0 spiro atoms. The molecule has 2 rings (SSSR count). The second-order valence-electron chi connectivity index (χ2n) is 4.72. The first-order valence-electron chi connectivity index (χ1n) is 7.14. The van der Waals surface area contributed by atoms with Crippen LogP contribution in [0, 0.1) is 0 Å². The van der Waals surface area contributed by atoms with Crippen molar-refractivity contribution < 1.29 is 14.3 Å². The normalized spacial score (nSPS) is 11.7. The van der Waals surface area contributed by atoms with Gasteiger partial charge in [0.15, 0.2) is 6.10 Å². The Kier molecular flexibility index (Phi) is 5.92. The summed E-state index contributed by atoms with van der Waals surface area (Å²) >= 11 is 3.32. The molecule has 0 aliphatic heterocycles. The Balaban J connectivity index is 2.14. The Morgan fingerprint density at radius 3 is 2.39 bits per heavy atom. The van der Waals surface area contributed by atoms with Crippen LogP contribution in [-0.4, -0.2) is 35.7 Å². The van der Waals surface area contributed by atoms with E-state index in [0.717, 1.165) is 16.7 Å². The molecule has 122 valence electrons. The van der Waals surface area contributed by atoms with Crippen LogP contribution in [0.1, 0.15) is 13.8 Å². The minimum atomic E-state index is -0.650. The third-order valence-corrected chi connectivity index (χ3v) is 3.57. The van der Waals surface area contributed by atoms with Crippen LogP contribution in [0.4, 0.5) is 11.6 Å². The second kappa shape index (κ2) is 7.92. The summed E-state index contributed by atoms with van der Waals surface area (Å²) in [5, 5.41) is 0. The van der Waals surface area contributed by atoms with E-state index in [0.29, 0.717) is 11.7 Å². The third-order valence-electron chi connectivity index (χ3n) is 3.16. The van der Waals surface area contributed by atoms with Crippen LogP contribution in [0.3, 0.4) is 0 Å². The van der Waals surface area contributed by atoms with Gasteiger partial charge in [0.05, 0.1) is 11.6 Å². The summed E-state index contributed by atoms with van der Waals surface area (Å²) in [5.74, 6) is 0.805. The maximum Gasteiger partial charge on any atom is 0.346 e. The molecule has 0 aliphatic carbocycles. The van der Waals surface area contributed by atoms with E-state index in [1.165, 1.54) is 7.11 Å². The zero-order chi connectivity index (χ0) is 16.8. The highest BCUT2D eigenvalue weighted by atomic mass is 79.9. The Morgan fingerprint density at radius 2 is 1.87 bits per heavy atom. The van der Waals surface area contributed by atoms with Crippen LogP contribution in [0.2, 0.25) is 0 Å². The fourth-order valence-electron chi connectivity index (χ4n) is 2.01. The number of aromatic nitrogens is 2. The van der Waals surface area contributed by atoms with Gasteiger partial charge in [-0.1, -0.05) is 0 Å². The summed E-state index contributed by atoms with van der Waals surface area (Å²) in [7, 11) is 1.34. The first kappa shape index (κ1) is 17.2. The summed E-state index contributed by atoms with van der Waals surface area (Å²) in [6, 6.07) is 7.40. The number of hydrogen-bond donors (Lipinski definition) is 0. The van der Waals surface area contributed by atoms with Crippen molar-refractivity contribution in [3.63, 3.8) is 0 Å². The van der Waals surface area contributed by atoms with Crippen molar-refractivity contribution in [3.8, 4) is 5.75 Å². The number of nitrogens with zero attached hydrogens (tertiary/aromatic N) is 3. The molecule has 0 bridgehead atoms. The van der Waals surface area contributed by atoms with Crippen molar-refractivity contribution in [1.82, 2.24) is 9.97 Å². The molecular weight excluding hydrogens is 362 g/mol. The van der Waals surface area contributed by atoms with Gasteiger partial charge in [-0.3, -0.25) is 0 Å². The van der Waals surface area contributed by atoms with E-state index in [9.17, 15) is 4.79 Å². The fraction of sp³-hybridized carbons (Fsp3) is 0.312. The van der Waals surface area contributed by atoms with Crippen LogP contribution in [0.25, 0.3) is 0 Å². The van der Waals surface area contributed by atoms with Crippen LogP contribution in [0.5, 0.6) is 5.75 Å². The number of anilines is 2. The van der Waals surface area contributed by atoms with Gasteiger partial charge in [-0.2, -0.15) is 0 Å². The van der Waals surface area contributed by atoms with E-state index >= 15 is 0 Å². The van der Waals surface area contributed by atoms with E-state index in [-0.39, 0.29) is 0 Å². The Morgan fingerprint density at radius 1 is 1.26 bits per heavy atom. The summed E-state index contributed by atoms with van der Waals surface area (Å²) < 4.78 is 11.0. The van der Waals surface area contributed by atoms with Crippen molar-refractivity contribution in [2.75, 3.05) is 18.6 Å². The van der Waals surface area contributed by atoms with E-state index in [1.54, 1.807) is 31.5 Å². The van der Waals surface area contributed by atoms with Gasteiger partial charge in [-0.15, -0.1) is 0 Å². The highest BCUT2D eigenvalue weighted by Gasteiger charge is 2.15. The van der Waals surface area contributed by atoms with E-state index < -0.39 is 12.1 Å². The molecule has 0 saturated carbocycles. The van der Waals surface area contributed by atoms with Gasteiger partial charge in [0, 0.05) is 24.6 Å². The van der Waals surface area contributed by atoms with Crippen LogP contribution in [-0.2, 0) is 9.53 Å². The minimum Gasteiger partial charge on any atom is -0.479 e. The second-order valence-corrected chi connectivity index (χ2v) is 5.64. The quantitative estimate of drug-likeness (QED) is 0.717. The van der Waals surface area contributed by atoms with Crippen molar-refractivity contribution in [2.45, 2.75) is 20.0 Å². The first-order chi connectivity index (χ1) is 11.0. The Labute approximate surface area is 143 Å². The highest BCUT2D eigenvalue weighted by Crippen LogP contribution is 2.25. The molecule has 6 nitrogen and oxygen atoms in total. The van der Waals surface area contributed by atoms with Gasteiger partial charge in [-0.05, 0) is 54.0 Å². The number of hydrogen-bond acceptors (Lipinski definition) is 6. The number of halogens is 1. The zero-order valence-corrected chi connectivity index (χ0v) is 14.8. The summed E-state index contributed by atoms with van der Waals surface area (Å²) in [5.41, 5.74) is 0.938. The average Bonchev–Trinajstić information content (AvgIpc) is 2.57. The maximum atomic E-state index is 11.4. The SMILES string of the molecule is CCN(c1ccc(OC(C)C(=O)OC)cc1)c1ncc(Br)cn1. The molecule has 0 amide bonds. The van der Waals surface area contributed by atoms with Gasteiger partial charge in [0.1, 0.15) is 5.75 Å². The van der Waals surface area contributed by atoms with E-state index in [1.807, 2.05) is 24.0 Å². The van der Waals surface area contributed by atoms with Crippen molar-refractivity contribution in [2.24, 2.45) is 0 Å². The predicted molar refractivity (Wildman–Crippen MR) is 91.0 cm³/mol. The molecular formula is C16H18BrN3O3. The lowest BCUT2D eigenvalue weighted by molar-refractivity contribution is -0.147. The molecule has 7 heteroatoms. The molecule has 0 fully saturated rings. The number of carbonyl (C=O) groups excluding carboxylic acids is 1. The van der Waals surface area contributed by atoms with Crippen LogP contribution in [0.15, 0.2) is 41.1 Å². The molecule has 1 atom stereocenters. The smallest absolute Gasteiger partial charge is 0.346 e. The van der Waals surface area contributed by atoms with Gasteiger partial charge in [0.2, 0.25) is 5.95 Å². The molecule has 1 unspecified atom stereocenters. The molecule has 23 heavy (non-hydrogen) atoms. The lowest BCUT2D eigenvalue weighted by atomic mass is 10.2. The molecule has 0 N–H and O–H groups in total. The number of benzene rings is 1. The maximum absolute atomic E-state index is 11.4. The largest absolute Gasteiger partial charge is 0.479 e. The molecule has 1 aromatic carbocycles. The van der Waals surface area contributed by atoms with Gasteiger partial charge >= 0.3 is 5.97 Å². The standard InChI is InChI=1S/C16H18BrN3O3/c1-4-20(16-18-9-12(17)10-19-16)13-5-7-14(8-6-13)23-11(2)15(21)22-3/h5-11H,4H2,1-3H3. The molecule has 0 aliphatic rings. The van der Waals surface area contributed by atoms with E-state index in [2.05, 4.69) is 30.6 Å². The molecule has 0 radical (unpaired) electrons. The fourth-order valence-corrected chi connectivity index (χ4v) is 2.21. The van der Waals surface area contributed by atoms with Crippen LogP contribution >= 0.6 is 15.9 Å². The third kappa shape index (κ3) is 4.41. The van der Waals surface area contributed by atoms with Gasteiger partial charge < -0.3 is 14.4 Å². The number of carbonyl (C=O) groups is 1. The average molecular weight is 380 g/mol. The predicted octanol–water partition coefficient (Wildman–Crippen LogP) is 3.34. The lowest BCUT2D eigenvalue weighted by Gasteiger charge is -2.21. The number of rotatable bonds is 6. The highest BCUT2D eigenvalue weighted by molar-refractivity contribution is 9.10. The van der Waals surface area contributed by atoms with Crippen molar-refractivity contribution in [3.05, 3.63) is 41.1 Å². The summed E-state index contributed by atoms with van der Waals surface area (Å²) in [6.45, 7) is 4.39. The number of esters is 1. The number of ether oxygens (including phenoxy) is 2. The van der Waals surface area contributed by atoms with E-state index in [4.69, 9.17) is 4.74 Å². The Hall–Kier alpha value is -2.15. The minimum absolute atomic E-state index is 0.410. The summed E-state index contributed by atoms with van der Waals surface area (Å²) in [6.07, 6.45) is 2.77. The van der Waals surface area contributed by atoms with Crippen molar-refractivity contribution in [1.29, 1.82) is 0 Å². The van der Waals surface area contributed by atoms with Gasteiger partial charge in [-0.25, -0.2) is 14.8 Å². The summed E-state index contributed by atoms with van der Waals surface area (Å²) in [4.78, 5) is 22.0. The first-order valence-corrected chi connectivity index (χ1v) is 7.94. The van der Waals surface area contributed by atoms with Crippen LogP contribution < -0.4 is 9.64 Å². The molecule has 1 aromatic heterocycles. The molecule has 1 heterocycles. The Bertz CT molecular complexity index is 647. The molecule has 2 aromatic rings. The topological polar surface area (TPSA) is 64.5 Å². The monoisotopic (exact) mass is 379 g/mol. The lowest BCUT2D eigenvalue weighted by Crippen LogP contribution is -2.25. The number of methoxy groups -OCH3 is 1. The van der Waals surface area contributed by atoms with Gasteiger partial charge in [0.25, 0.3) is 0 Å². The zero-order valence-electron chi connectivity index (χ0n) is 13.2. The molecule has 0 saturated heterocycles. The van der Waals surface area contributed by atoms with Crippen molar-refractivity contribution >= 4 is 33.5 Å².